The summed E-state index contributed by atoms with van der Waals surface area (Å²) in [6, 6.07) is 3.95. The van der Waals surface area contributed by atoms with E-state index in [2.05, 4.69) is 9.69 Å². The number of hydrogen-bond acceptors (Lipinski definition) is 5. The lowest BCUT2D eigenvalue weighted by atomic mass is 10.1. The first kappa shape index (κ1) is 15.8. The second-order valence-corrected chi connectivity index (χ2v) is 7.68. The SMILES string of the molecule is CCCc1sc2c(NCc3cccs3)snc2c1C(F)(F)F. The van der Waals surface area contributed by atoms with Crippen LogP contribution in [-0.4, -0.2) is 4.37 Å². The second-order valence-electron chi connectivity index (χ2n) is 4.77. The number of nitrogens with one attached hydrogen (secondary N) is 1. The largest absolute Gasteiger partial charge is 0.419 e. The van der Waals surface area contributed by atoms with Crippen molar-refractivity contribution in [3.63, 3.8) is 0 Å². The minimum absolute atomic E-state index is 0.0969. The van der Waals surface area contributed by atoms with E-state index in [4.69, 9.17) is 0 Å². The summed E-state index contributed by atoms with van der Waals surface area (Å²) in [6.45, 7) is 2.49. The third kappa shape index (κ3) is 3.00. The van der Waals surface area contributed by atoms with Gasteiger partial charge in [-0.1, -0.05) is 19.4 Å². The third-order valence-corrected chi connectivity index (χ3v) is 6.22. The number of aryl methyl sites for hydroxylation is 1. The van der Waals surface area contributed by atoms with Crippen molar-refractivity contribution in [3.05, 3.63) is 32.8 Å². The third-order valence-electron chi connectivity index (χ3n) is 3.15. The fraction of sp³-hybridized carbons (Fsp3) is 0.357. The molecule has 0 fully saturated rings. The molecule has 0 spiro atoms. The average Bonchev–Trinajstić information content (AvgIpc) is 3.11. The molecule has 0 bridgehead atoms. The van der Waals surface area contributed by atoms with Crippen LogP contribution in [0.4, 0.5) is 18.2 Å². The van der Waals surface area contributed by atoms with Crippen LogP contribution in [0.2, 0.25) is 0 Å². The highest BCUT2D eigenvalue weighted by atomic mass is 32.1. The topological polar surface area (TPSA) is 24.9 Å². The Hall–Kier alpha value is -1.12. The van der Waals surface area contributed by atoms with E-state index in [1.165, 1.54) is 11.3 Å². The van der Waals surface area contributed by atoms with Crippen LogP contribution >= 0.6 is 34.2 Å². The summed E-state index contributed by atoms with van der Waals surface area (Å²) in [5, 5.41) is 5.91. The second kappa shape index (κ2) is 6.17. The van der Waals surface area contributed by atoms with Gasteiger partial charge in [-0.05, 0) is 29.4 Å². The van der Waals surface area contributed by atoms with Crippen molar-refractivity contribution in [1.82, 2.24) is 4.37 Å². The highest BCUT2D eigenvalue weighted by molar-refractivity contribution is 7.24. The van der Waals surface area contributed by atoms with Crippen molar-refractivity contribution in [3.8, 4) is 0 Å². The zero-order chi connectivity index (χ0) is 15.7. The molecule has 1 N–H and O–H groups in total. The van der Waals surface area contributed by atoms with E-state index < -0.39 is 11.7 Å². The molecule has 0 aromatic carbocycles. The molecule has 0 amide bonds. The molecular formula is C14H13F3N2S3. The molecule has 0 aliphatic rings. The zero-order valence-electron chi connectivity index (χ0n) is 11.7. The molecule has 3 aromatic rings. The van der Waals surface area contributed by atoms with E-state index in [1.807, 2.05) is 24.4 Å². The summed E-state index contributed by atoms with van der Waals surface area (Å²) < 4.78 is 44.6. The van der Waals surface area contributed by atoms with Crippen LogP contribution in [0.15, 0.2) is 17.5 Å². The zero-order valence-corrected chi connectivity index (χ0v) is 14.1. The van der Waals surface area contributed by atoms with Crippen molar-refractivity contribution in [1.29, 1.82) is 0 Å². The summed E-state index contributed by atoms with van der Waals surface area (Å²) in [4.78, 5) is 1.53. The van der Waals surface area contributed by atoms with Crippen molar-refractivity contribution in [2.75, 3.05) is 5.32 Å². The van der Waals surface area contributed by atoms with E-state index in [0.29, 0.717) is 29.0 Å². The molecule has 0 unspecified atom stereocenters. The first-order valence-corrected chi connectivity index (χ1v) is 9.22. The molecule has 8 heteroatoms. The van der Waals surface area contributed by atoms with Gasteiger partial charge in [0.25, 0.3) is 0 Å². The van der Waals surface area contributed by atoms with Gasteiger partial charge in [0.05, 0.1) is 16.8 Å². The van der Waals surface area contributed by atoms with Gasteiger partial charge >= 0.3 is 6.18 Å². The molecule has 118 valence electrons. The quantitative estimate of drug-likeness (QED) is 0.602. The first-order chi connectivity index (χ1) is 10.5. The molecule has 3 rings (SSSR count). The molecule has 22 heavy (non-hydrogen) atoms. The van der Waals surface area contributed by atoms with Crippen molar-refractivity contribution < 1.29 is 13.2 Å². The summed E-state index contributed by atoms with van der Waals surface area (Å²) in [6.07, 6.45) is -3.22. The summed E-state index contributed by atoms with van der Waals surface area (Å²) in [5.74, 6) is 0. The van der Waals surface area contributed by atoms with E-state index in [9.17, 15) is 13.2 Å². The number of thiophene rings is 2. The van der Waals surface area contributed by atoms with Gasteiger partial charge in [0.2, 0.25) is 0 Å². The standard InChI is InChI=1S/C14H13F3N2S3/c1-2-4-9-10(14(15,16)17)11-12(21-9)13(22-19-11)18-7-8-5-3-6-20-8/h3,5-6,18H,2,4,7H2,1H3. The molecular weight excluding hydrogens is 349 g/mol. The number of rotatable bonds is 5. The van der Waals surface area contributed by atoms with Crippen LogP contribution in [0, 0.1) is 0 Å². The molecule has 0 radical (unpaired) electrons. The highest BCUT2D eigenvalue weighted by Gasteiger charge is 2.38. The lowest BCUT2D eigenvalue weighted by Gasteiger charge is -2.06. The van der Waals surface area contributed by atoms with Gasteiger partial charge in [-0.3, -0.25) is 0 Å². The van der Waals surface area contributed by atoms with Crippen LogP contribution in [0.3, 0.4) is 0 Å². The molecule has 0 atom stereocenters. The van der Waals surface area contributed by atoms with E-state index >= 15 is 0 Å². The van der Waals surface area contributed by atoms with Crippen molar-refractivity contribution in [2.45, 2.75) is 32.5 Å². The lowest BCUT2D eigenvalue weighted by Crippen LogP contribution is -2.07. The lowest BCUT2D eigenvalue weighted by molar-refractivity contribution is -0.136. The molecule has 3 heterocycles. The van der Waals surface area contributed by atoms with Crippen molar-refractivity contribution >= 4 is 49.4 Å². The summed E-state index contributed by atoms with van der Waals surface area (Å²) >= 11 is 3.93. The highest BCUT2D eigenvalue weighted by Crippen LogP contribution is 2.46. The molecule has 0 saturated heterocycles. The van der Waals surface area contributed by atoms with Gasteiger partial charge in [-0.25, -0.2) is 0 Å². The van der Waals surface area contributed by atoms with E-state index in [0.717, 1.165) is 21.4 Å². The monoisotopic (exact) mass is 362 g/mol. The maximum atomic E-state index is 13.3. The molecule has 0 saturated carbocycles. The Balaban J connectivity index is 1.96. The van der Waals surface area contributed by atoms with Gasteiger partial charge in [-0.2, -0.15) is 17.5 Å². The number of anilines is 1. The normalized spacial score (nSPS) is 12.2. The van der Waals surface area contributed by atoms with Gasteiger partial charge in [0.1, 0.15) is 10.5 Å². The first-order valence-electron chi connectivity index (χ1n) is 6.75. The van der Waals surface area contributed by atoms with Crippen LogP contribution in [0.25, 0.3) is 10.2 Å². The number of hydrogen-bond donors (Lipinski definition) is 1. The van der Waals surface area contributed by atoms with Crippen molar-refractivity contribution in [2.24, 2.45) is 0 Å². The fourth-order valence-electron chi connectivity index (χ4n) is 2.23. The van der Waals surface area contributed by atoms with E-state index in [-0.39, 0.29) is 5.52 Å². The number of aromatic nitrogens is 1. The Morgan fingerprint density at radius 1 is 1.32 bits per heavy atom. The Labute approximate surface area is 137 Å². The van der Waals surface area contributed by atoms with Gasteiger partial charge in [-0.15, -0.1) is 22.7 Å². The molecule has 0 aliphatic carbocycles. The molecule has 2 nitrogen and oxygen atoms in total. The van der Waals surface area contributed by atoms with Crippen LogP contribution in [0.5, 0.6) is 0 Å². The Bertz CT molecular complexity index is 756. The molecule has 0 aliphatic heterocycles. The van der Waals surface area contributed by atoms with Gasteiger partial charge < -0.3 is 5.32 Å². The van der Waals surface area contributed by atoms with Crippen LogP contribution in [-0.2, 0) is 19.1 Å². The number of fused-ring (bicyclic) bond motifs is 1. The van der Waals surface area contributed by atoms with Crippen LogP contribution < -0.4 is 5.32 Å². The molecule has 3 aromatic heterocycles. The van der Waals surface area contributed by atoms with Gasteiger partial charge in [0.15, 0.2) is 0 Å². The number of nitrogens with zero attached hydrogens (tertiary/aromatic N) is 1. The predicted octanol–water partition coefficient (Wildman–Crippen LogP) is 6.00. The Morgan fingerprint density at radius 3 is 2.77 bits per heavy atom. The minimum atomic E-state index is -4.35. The summed E-state index contributed by atoms with van der Waals surface area (Å²) in [7, 11) is 0. The minimum Gasteiger partial charge on any atom is -0.370 e. The smallest absolute Gasteiger partial charge is 0.370 e. The van der Waals surface area contributed by atoms with E-state index in [1.54, 1.807) is 11.3 Å². The fourth-order valence-corrected chi connectivity index (χ4v) is 5.13. The number of alkyl halides is 3. The maximum absolute atomic E-state index is 13.3. The Morgan fingerprint density at radius 2 is 2.14 bits per heavy atom. The maximum Gasteiger partial charge on any atom is 0.419 e. The predicted molar refractivity (Wildman–Crippen MR) is 88.1 cm³/mol. The Kier molecular flexibility index (Phi) is 4.42. The van der Waals surface area contributed by atoms with Crippen LogP contribution in [0.1, 0.15) is 28.7 Å². The number of halogens is 3. The summed E-state index contributed by atoms with van der Waals surface area (Å²) in [5.41, 5.74) is -0.450. The van der Waals surface area contributed by atoms with Gasteiger partial charge in [0, 0.05) is 9.75 Å². The average molecular weight is 362 g/mol.